The number of nitrogens with one attached hydrogen (secondary N) is 1. The number of rotatable bonds is 4. The summed E-state index contributed by atoms with van der Waals surface area (Å²) >= 11 is 0. The highest BCUT2D eigenvalue weighted by molar-refractivity contribution is 7.92. The van der Waals surface area contributed by atoms with Crippen LogP contribution >= 0.6 is 0 Å². The number of anilines is 2. The van der Waals surface area contributed by atoms with Gasteiger partial charge in [-0.25, -0.2) is 13.4 Å². The summed E-state index contributed by atoms with van der Waals surface area (Å²) in [4.78, 5) is 6.83. The quantitative estimate of drug-likeness (QED) is 0.726. The first-order valence-corrected chi connectivity index (χ1v) is 10.8. The van der Waals surface area contributed by atoms with Gasteiger partial charge in [0, 0.05) is 13.1 Å². The van der Waals surface area contributed by atoms with Crippen molar-refractivity contribution in [3.63, 3.8) is 0 Å². The van der Waals surface area contributed by atoms with Crippen LogP contribution in [0.3, 0.4) is 0 Å². The van der Waals surface area contributed by atoms with Gasteiger partial charge in [0.2, 0.25) is 0 Å². The summed E-state index contributed by atoms with van der Waals surface area (Å²) in [6.07, 6.45) is 2.73. The van der Waals surface area contributed by atoms with Gasteiger partial charge in [-0.05, 0) is 66.8 Å². The Hall–Kier alpha value is -2.86. The van der Waals surface area contributed by atoms with Crippen LogP contribution in [0.1, 0.15) is 22.3 Å². The highest BCUT2D eigenvalue weighted by Crippen LogP contribution is 2.25. The molecule has 28 heavy (non-hydrogen) atoms. The molecule has 0 saturated carbocycles. The lowest BCUT2D eigenvalue weighted by Gasteiger charge is -2.30. The van der Waals surface area contributed by atoms with Crippen LogP contribution in [-0.4, -0.2) is 19.9 Å². The van der Waals surface area contributed by atoms with Gasteiger partial charge in [-0.2, -0.15) is 0 Å². The van der Waals surface area contributed by atoms with Crippen molar-refractivity contribution in [3.05, 3.63) is 83.0 Å². The molecule has 1 aromatic heterocycles. The topological polar surface area (TPSA) is 62.3 Å². The molecule has 0 aliphatic carbocycles. The van der Waals surface area contributed by atoms with Crippen molar-refractivity contribution in [1.29, 1.82) is 0 Å². The largest absolute Gasteiger partial charge is 0.366 e. The molecule has 0 saturated heterocycles. The van der Waals surface area contributed by atoms with Crippen LogP contribution in [0.15, 0.2) is 65.7 Å². The van der Waals surface area contributed by atoms with Crippen molar-refractivity contribution in [2.75, 3.05) is 16.2 Å². The zero-order chi connectivity index (χ0) is 19.7. The average Bonchev–Trinajstić information content (AvgIpc) is 2.70. The Balaban J connectivity index is 1.50. The van der Waals surface area contributed by atoms with Crippen molar-refractivity contribution in [3.8, 4) is 0 Å². The third kappa shape index (κ3) is 3.73. The normalized spacial score (nSPS) is 13.9. The van der Waals surface area contributed by atoms with Gasteiger partial charge in [0.25, 0.3) is 10.0 Å². The van der Waals surface area contributed by atoms with E-state index in [-0.39, 0.29) is 4.90 Å². The molecule has 4 rings (SSSR count). The van der Waals surface area contributed by atoms with E-state index in [2.05, 4.69) is 38.9 Å². The van der Waals surface area contributed by atoms with Crippen LogP contribution < -0.4 is 9.62 Å². The van der Waals surface area contributed by atoms with Gasteiger partial charge in [-0.1, -0.05) is 30.3 Å². The van der Waals surface area contributed by atoms with E-state index < -0.39 is 10.0 Å². The number of sulfonamides is 1. The predicted molar refractivity (Wildman–Crippen MR) is 112 cm³/mol. The molecule has 2 aromatic carbocycles. The Morgan fingerprint density at radius 3 is 2.46 bits per heavy atom. The van der Waals surface area contributed by atoms with Crippen molar-refractivity contribution in [1.82, 2.24) is 4.98 Å². The van der Waals surface area contributed by atoms with E-state index in [0.29, 0.717) is 5.82 Å². The van der Waals surface area contributed by atoms with Crippen molar-refractivity contribution >= 4 is 21.5 Å². The molecule has 0 unspecified atom stereocenters. The second-order valence-corrected chi connectivity index (χ2v) is 8.88. The second kappa shape index (κ2) is 7.28. The molecule has 0 bridgehead atoms. The van der Waals surface area contributed by atoms with Crippen molar-refractivity contribution in [2.24, 2.45) is 0 Å². The Kier molecular flexibility index (Phi) is 4.81. The van der Waals surface area contributed by atoms with Crippen LogP contribution in [-0.2, 0) is 23.0 Å². The van der Waals surface area contributed by atoms with Crippen molar-refractivity contribution in [2.45, 2.75) is 31.7 Å². The van der Waals surface area contributed by atoms with E-state index in [0.717, 1.165) is 36.3 Å². The first-order chi connectivity index (χ1) is 13.4. The lowest BCUT2D eigenvalue weighted by molar-refractivity contribution is 0.601. The van der Waals surface area contributed by atoms with E-state index in [1.54, 1.807) is 24.4 Å². The molecule has 6 heteroatoms. The van der Waals surface area contributed by atoms with Gasteiger partial charge >= 0.3 is 0 Å². The number of aryl methyl sites for hydroxylation is 2. The van der Waals surface area contributed by atoms with Gasteiger partial charge in [-0.15, -0.1) is 0 Å². The minimum Gasteiger partial charge on any atom is -0.366 e. The van der Waals surface area contributed by atoms with Gasteiger partial charge in [0.05, 0.1) is 16.8 Å². The zero-order valence-electron chi connectivity index (χ0n) is 16.0. The predicted octanol–water partition coefficient (Wildman–Crippen LogP) is 4.06. The Bertz CT molecular complexity index is 1110. The Morgan fingerprint density at radius 1 is 0.964 bits per heavy atom. The summed E-state index contributed by atoms with van der Waals surface area (Å²) in [6.45, 7) is 5.62. The maximum Gasteiger partial charge on any atom is 0.263 e. The molecule has 1 N–H and O–H groups in total. The maximum absolute atomic E-state index is 12.6. The number of hydrogen-bond donors (Lipinski definition) is 1. The molecule has 5 nitrogen and oxygen atoms in total. The first-order valence-electron chi connectivity index (χ1n) is 9.30. The Labute approximate surface area is 166 Å². The summed E-state index contributed by atoms with van der Waals surface area (Å²) < 4.78 is 27.8. The van der Waals surface area contributed by atoms with Gasteiger partial charge in [0.15, 0.2) is 0 Å². The molecule has 0 atom stereocenters. The standard InChI is InChI=1S/C22H23N3O2S/c1-16-7-9-21(13-17(16)2)28(26,27)24-22-10-8-20(14-23-22)25-12-11-18-5-3-4-6-19(18)15-25/h3-10,13-14H,11-12,15H2,1-2H3,(H,23,24). The molecule has 144 valence electrons. The average molecular weight is 394 g/mol. The minimum atomic E-state index is -3.66. The zero-order valence-corrected chi connectivity index (χ0v) is 16.8. The monoisotopic (exact) mass is 393 g/mol. The summed E-state index contributed by atoms with van der Waals surface area (Å²) in [5, 5.41) is 0. The van der Waals surface area contributed by atoms with Gasteiger partial charge < -0.3 is 4.90 Å². The molecule has 2 heterocycles. The van der Waals surface area contributed by atoms with Gasteiger partial charge in [0.1, 0.15) is 5.82 Å². The lowest BCUT2D eigenvalue weighted by Crippen LogP contribution is -2.30. The molecular formula is C22H23N3O2S. The maximum atomic E-state index is 12.6. The lowest BCUT2D eigenvalue weighted by atomic mass is 10.00. The van der Waals surface area contributed by atoms with Crippen molar-refractivity contribution < 1.29 is 8.42 Å². The molecule has 0 fully saturated rings. The first kappa shape index (κ1) is 18.5. The van der Waals surface area contributed by atoms with E-state index in [9.17, 15) is 8.42 Å². The highest BCUT2D eigenvalue weighted by Gasteiger charge is 2.18. The molecule has 1 aliphatic rings. The molecule has 0 radical (unpaired) electrons. The van der Waals surface area contributed by atoms with E-state index in [1.807, 2.05) is 26.0 Å². The van der Waals surface area contributed by atoms with Crippen LogP contribution in [0, 0.1) is 13.8 Å². The third-order valence-electron chi connectivity index (χ3n) is 5.27. The number of pyridine rings is 1. The fourth-order valence-corrected chi connectivity index (χ4v) is 4.52. The summed E-state index contributed by atoms with van der Waals surface area (Å²) in [7, 11) is -3.66. The van der Waals surface area contributed by atoms with E-state index in [4.69, 9.17) is 0 Å². The number of aromatic nitrogens is 1. The molecule has 0 amide bonds. The fourth-order valence-electron chi connectivity index (χ4n) is 3.43. The number of hydrogen-bond acceptors (Lipinski definition) is 4. The molecule has 1 aliphatic heterocycles. The van der Waals surface area contributed by atoms with Crippen LogP contribution in [0.5, 0.6) is 0 Å². The second-order valence-electron chi connectivity index (χ2n) is 7.19. The molecule has 3 aromatic rings. The number of benzene rings is 2. The van der Waals surface area contributed by atoms with Crippen LogP contribution in [0.25, 0.3) is 0 Å². The highest BCUT2D eigenvalue weighted by atomic mass is 32.2. The van der Waals surface area contributed by atoms with E-state index in [1.165, 1.54) is 11.1 Å². The van der Waals surface area contributed by atoms with Crippen LogP contribution in [0.2, 0.25) is 0 Å². The van der Waals surface area contributed by atoms with Gasteiger partial charge in [-0.3, -0.25) is 4.72 Å². The smallest absolute Gasteiger partial charge is 0.263 e. The number of fused-ring (bicyclic) bond motifs is 1. The number of nitrogens with zero attached hydrogens (tertiary/aromatic N) is 2. The minimum absolute atomic E-state index is 0.245. The van der Waals surface area contributed by atoms with Crippen LogP contribution in [0.4, 0.5) is 11.5 Å². The fraction of sp³-hybridized carbons (Fsp3) is 0.227. The summed E-state index contributed by atoms with van der Waals surface area (Å²) in [6, 6.07) is 17.2. The summed E-state index contributed by atoms with van der Waals surface area (Å²) in [5.74, 6) is 0.319. The Morgan fingerprint density at radius 2 is 1.75 bits per heavy atom. The molecular weight excluding hydrogens is 370 g/mol. The molecule has 0 spiro atoms. The third-order valence-corrected chi connectivity index (χ3v) is 6.62. The summed E-state index contributed by atoms with van der Waals surface area (Å²) in [5.41, 5.74) is 5.71. The van der Waals surface area contributed by atoms with E-state index >= 15 is 0 Å². The SMILES string of the molecule is Cc1ccc(S(=O)(=O)Nc2ccc(N3CCc4ccccc4C3)cn2)cc1C.